The van der Waals surface area contributed by atoms with Crippen LogP contribution in [0, 0.1) is 0 Å². The average molecular weight is 524 g/mol. The monoisotopic (exact) mass is 523 g/mol. The summed E-state index contributed by atoms with van der Waals surface area (Å²) in [6.45, 7) is 5.19. The van der Waals surface area contributed by atoms with E-state index in [1.54, 1.807) is 14.1 Å². The van der Waals surface area contributed by atoms with Crippen LogP contribution in [0.3, 0.4) is 0 Å². The van der Waals surface area contributed by atoms with Gasteiger partial charge in [-0.1, -0.05) is 36.4 Å². The van der Waals surface area contributed by atoms with Gasteiger partial charge >= 0.3 is 6.03 Å². The van der Waals surface area contributed by atoms with Crippen LogP contribution >= 0.6 is 0 Å². The van der Waals surface area contributed by atoms with Gasteiger partial charge in [0, 0.05) is 67.9 Å². The molecule has 1 unspecified atom stereocenters. The van der Waals surface area contributed by atoms with Crippen LogP contribution in [0.25, 0.3) is 22.4 Å². The third-order valence-corrected chi connectivity index (χ3v) is 7.02. The maximum Gasteiger partial charge on any atom is 0.321 e. The minimum absolute atomic E-state index is 0.158. The van der Waals surface area contributed by atoms with Crippen molar-refractivity contribution >= 4 is 17.5 Å². The predicted octanol–water partition coefficient (Wildman–Crippen LogP) is 6.06. The molecule has 1 aliphatic heterocycles. The van der Waals surface area contributed by atoms with Crippen molar-refractivity contribution in [3.63, 3.8) is 0 Å². The first-order chi connectivity index (χ1) is 18.7. The van der Waals surface area contributed by atoms with Crippen molar-refractivity contribution in [1.82, 2.24) is 24.6 Å². The molecule has 0 saturated carbocycles. The van der Waals surface area contributed by atoms with Gasteiger partial charge in [-0.25, -0.2) is 9.78 Å². The van der Waals surface area contributed by atoms with Crippen molar-refractivity contribution < 1.29 is 4.79 Å². The number of fused-ring (bicyclic) bond motifs is 1. The van der Waals surface area contributed by atoms with Crippen LogP contribution in [0.15, 0.2) is 67.0 Å². The van der Waals surface area contributed by atoms with Crippen LogP contribution in [0.2, 0.25) is 0 Å². The smallest absolute Gasteiger partial charge is 0.321 e. The maximum atomic E-state index is 12.1. The van der Waals surface area contributed by atoms with Gasteiger partial charge in [0.05, 0.1) is 6.04 Å². The molecule has 4 aromatic rings. The molecule has 5 rings (SSSR count). The molecule has 0 radical (unpaired) electrons. The molecule has 202 valence electrons. The van der Waals surface area contributed by atoms with E-state index in [-0.39, 0.29) is 18.1 Å². The van der Waals surface area contributed by atoms with Gasteiger partial charge in [-0.3, -0.25) is 4.68 Å². The van der Waals surface area contributed by atoms with E-state index in [0.717, 1.165) is 46.9 Å². The molecule has 2 aromatic carbocycles. The Kier molecular flexibility index (Phi) is 7.39. The quantitative estimate of drug-likeness (QED) is 0.308. The van der Waals surface area contributed by atoms with E-state index in [0.29, 0.717) is 0 Å². The van der Waals surface area contributed by atoms with E-state index in [2.05, 4.69) is 85.0 Å². The fourth-order valence-electron chi connectivity index (χ4n) is 4.93. The average Bonchev–Trinajstić information content (AvgIpc) is 3.54. The second-order valence-electron chi connectivity index (χ2n) is 10.9. The predicted molar refractivity (Wildman–Crippen MR) is 158 cm³/mol. The number of hydrogen-bond acceptors (Lipinski definition) is 5. The molecule has 2 amide bonds. The molecule has 1 atom stereocenters. The number of carbonyl (C=O) groups excluding carboxylic acids is 1. The Hall–Kier alpha value is -4.17. The highest BCUT2D eigenvalue weighted by Crippen LogP contribution is 2.42. The summed E-state index contributed by atoms with van der Waals surface area (Å²) < 4.78 is 2.02. The number of aromatic nitrogens is 3. The highest BCUT2D eigenvalue weighted by Gasteiger charge is 2.28. The van der Waals surface area contributed by atoms with E-state index in [1.165, 1.54) is 21.6 Å². The van der Waals surface area contributed by atoms with E-state index in [9.17, 15) is 4.79 Å². The molecular weight excluding hydrogens is 486 g/mol. The van der Waals surface area contributed by atoms with Gasteiger partial charge in [-0.05, 0) is 62.8 Å². The zero-order valence-corrected chi connectivity index (χ0v) is 23.6. The normalized spacial score (nSPS) is 14.4. The first-order valence-electron chi connectivity index (χ1n) is 13.4. The molecule has 2 aromatic heterocycles. The molecule has 0 bridgehead atoms. The van der Waals surface area contributed by atoms with E-state index in [1.807, 2.05) is 35.1 Å². The fourth-order valence-corrected chi connectivity index (χ4v) is 4.93. The molecule has 3 heterocycles. The number of urea groups is 1. The largest absolute Gasteiger partial charge is 0.363 e. The Balaban J connectivity index is 1.46. The molecule has 0 fully saturated rings. The Morgan fingerprint density at radius 2 is 1.74 bits per heavy atom. The first-order valence-corrected chi connectivity index (χ1v) is 13.4. The summed E-state index contributed by atoms with van der Waals surface area (Å²) in [6.07, 6.45) is 4.87. The Labute approximate surface area is 230 Å². The second kappa shape index (κ2) is 10.9. The number of benzene rings is 2. The van der Waals surface area contributed by atoms with Crippen molar-refractivity contribution in [1.29, 1.82) is 0 Å². The summed E-state index contributed by atoms with van der Waals surface area (Å²) in [5.74, 6) is 0.930. The Morgan fingerprint density at radius 3 is 2.38 bits per heavy atom. The molecule has 8 heteroatoms. The third-order valence-electron chi connectivity index (χ3n) is 7.02. The number of carbonyl (C=O) groups is 1. The molecule has 39 heavy (non-hydrogen) atoms. The van der Waals surface area contributed by atoms with Gasteiger partial charge < -0.3 is 20.4 Å². The number of nitrogens with zero attached hydrogens (tertiary/aromatic N) is 5. The van der Waals surface area contributed by atoms with Crippen molar-refractivity contribution in [2.75, 3.05) is 38.8 Å². The van der Waals surface area contributed by atoms with Crippen LogP contribution in [0.5, 0.6) is 0 Å². The van der Waals surface area contributed by atoms with Crippen LogP contribution < -0.4 is 10.6 Å². The third kappa shape index (κ3) is 5.66. The Morgan fingerprint density at radius 1 is 1.03 bits per heavy atom. The van der Waals surface area contributed by atoms with Crippen molar-refractivity contribution in [2.45, 2.75) is 38.9 Å². The minimum atomic E-state index is -0.158. The zero-order chi connectivity index (χ0) is 27.7. The van der Waals surface area contributed by atoms with Gasteiger partial charge in [0.1, 0.15) is 11.5 Å². The molecular formula is C31H37N7O. The second-order valence-corrected chi connectivity index (χ2v) is 10.9. The molecule has 2 N–H and O–H groups in total. The first kappa shape index (κ1) is 26.4. The summed E-state index contributed by atoms with van der Waals surface area (Å²) in [5, 5.41) is 11.5. The summed E-state index contributed by atoms with van der Waals surface area (Å²) in [6, 6.07) is 19.1. The topological polar surface area (TPSA) is 78.3 Å². The van der Waals surface area contributed by atoms with Crippen molar-refractivity contribution in [3.05, 3.63) is 83.7 Å². The van der Waals surface area contributed by atoms with Gasteiger partial charge in [-0.2, -0.15) is 5.10 Å². The number of amides is 2. The maximum absolute atomic E-state index is 12.1. The number of rotatable bonds is 7. The summed E-state index contributed by atoms with van der Waals surface area (Å²) >= 11 is 0. The lowest BCUT2D eigenvalue weighted by atomic mass is 9.95. The number of nitrogens with one attached hydrogen (secondary N) is 2. The zero-order valence-electron chi connectivity index (χ0n) is 23.6. The molecule has 8 nitrogen and oxygen atoms in total. The van der Waals surface area contributed by atoms with Gasteiger partial charge in [0.25, 0.3) is 0 Å². The SMILES string of the molecule is CC(C)n1cc(-c2ccnc3c2CC(c2ccc(CN(C)C)cc2)N3)c(-c2ccc(NC(=O)N(C)C)cc2)n1. The van der Waals surface area contributed by atoms with Gasteiger partial charge in [0.15, 0.2) is 0 Å². The van der Waals surface area contributed by atoms with Gasteiger partial charge in [-0.15, -0.1) is 0 Å². The highest BCUT2D eigenvalue weighted by molar-refractivity contribution is 5.90. The van der Waals surface area contributed by atoms with Crippen molar-refractivity contribution in [2.24, 2.45) is 0 Å². The summed E-state index contributed by atoms with van der Waals surface area (Å²) in [4.78, 5) is 20.4. The lowest BCUT2D eigenvalue weighted by Crippen LogP contribution is -2.27. The summed E-state index contributed by atoms with van der Waals surface area (Å²) in [5.41, 5.74) is 8.65. The fraction of sp³-hybridized carbons (Fsp3) is 0.323. The van der Waals surface area contributed by atoms with Gasteiger partial charge in [0.2, 0.25) is 0 Å². The highest BCUT2D eigenvalue weighted by atomic mass is 16.2. The summed E-state index contributed by atoms with van der Waals surface area (Å²) in [7, 11) is 7.62. The molecule has 0 saturated heterocycles. The van der Waals surface area contributed by atoms with Crippen LogP contribution in [-0.2, 0) is 13.0 Å². The molecule has 1 aliphatic rings. The number of anilines is 2. The lowest BCUT2D eigenvalue weighted by Gasteiger charge is -2.14. The lowest BCUT2D eigenvalue weighted by molar-refractivity contribution is 0.230. The van der Waals surface area contributed by atoms with Crippen LogP contribution in [0.4, 0.5) is 16.3 Å². The molecule has 0 aliphatic carbocycles. The minimum Gasteiger partial charge on any atom is -0.363 e. The van der Waals surface area contributed by atoms with E-state index >= 15 is 0 Å². The van der Waals surface area contributed by atoms with Crippen molar-refractivity contribution in [3.8, 4) is 22.4 Å². The van der Waals surface area contributed by atoms with Crippen LogP contribution in [0.1, 0.15) is 42.6 Å². The van der Waals surface area contributed by atoms with E-state index in [4.69, 9.17) is 5.10 Å². The number of hydrogen-bond donors (Lipinski definition) is 2. The Bertz CT molecular complexity index is 1450. The molecule has 0 spiro atoms. The van der Waals surface area contributed by atoms with Crippen LogP contribution in [-0.4, -0.2) is 58.8 Å². The van der Waals surface area contributed by atoms with E-state index < -0.39 is 0 Å². The standard InChI is InChI=1S/C31H37N7O/c1-20(2)38-19-27(29(35-38)23-11-13-24(14-12-23)33-31(39)37(5)6)25-15-16-32-30-26(25)17-28(34-30)22-9-7-21(8-10-22)18-36(3)4/h7-16,19-20,28H,17-18H2,1-6H3,(H,32,34)(H,33,39). The number of pyridine rings is 1.